The molecule has 7 nitrogen and oxygen atoms in total. The van der Waals surface area contributed by atoms with E-state index in [4.69, 9.17) is 4.98 Å². The van der Waals surface area contributed by atoms with Crippen LogP contribution >= 0.6 is 0 Å². The average molecular weight is 457 g/mol. The van der Waals surface area contributed by atoms with Crippen LogP contribution in [-0.2, 0) is 4.79 Å². The maximum Gasteiger partial charge on any atom is 0.159 e. The Bertz CT molecular complexity index is 1220. The van der Waals surface area contributed by atoms with Gasteiger partial charge in [-0.3, -0.25) is 4.79 Å². The van der Waals surface area contributed by atoms with Gasteiger partial charge in [-0.2, -0.15) is 5.26 Å². The number of allylic oxidation sites excluding steroid dienone is 4. The Kier molecular flexibility index (Phi) is 5.41. The number of pyridine rings is 1. The topological polar surface area (TPSA) is 77.2 Å². The second-order valence-corrected chi connectivity index (χ2v) is 10.2. The van der Waals surface area contributed by atoms with Crippen molar-refractivity contribution in [2.75, 3.05) is 38.1 Å². The molecule has 0 radical (unpaired) electrons. The van der Waals surface area contributed by atoms with Crippen LogP contribution in [0, 0.1) is 17.2 Å². The second-order valence-electron chi connectivity index (χ2n) is 10.2. The molecule has 0 spiro atoms. The summed E-state index contributed by atoms with van der Waals surface area (Å²) in [4.78, 5) is 22.1. The first-order valence-corrected chi connectivity index (χ1v) is 12.7. The number of nitriles is 1. The Morgan fingerprint density at radius 3 is 2.68 bits per heavy atom. The number of rotatable bonds is 4. The average Bonchev–Trinajstić information content (AvgIpc) is 3.21. The lowest BCUT2D eigenvalue weighted by Crippen LogP contribution is -2.46. The van der Waals surface area contributed by atoms with Gasteiger partial charge >= 0.3 is 0 Å². The second kappa shape index (κ2) is 8.59. The first-order chi connectivity index (χ1) is 16.6. The first kappa shape index (κ1) is 21.4. The predicted octanol–water partition coefficient (Wildman–Crippen LogP) is 3.54. The smallest absolute Gasteiger partial charge is 0.159 e. The number of fused-ring (bicyclic) bond motifs is 2. The molecule has 0 aromatic carbocycles. The van der Waals surface area contributed by atoms with E-state index in [-0.39, 0.29) is 0 Å². The minimum absolute atomic E-state index is 0.352. The van der Waals surface area contributed by atoms with Crippen LogP contribution in [0.3, 0.4) is 0 Å². The summed E-state index contributed by atoms with van der Waals surface area (Å²) in [5, 5.41) is 13.9. The molecule has 2 aromatic heterocycles. The van der Waals surface area contributed by atoms with E-state index in [1.54, 1.807) is 0 Å². The molecule has 3 fully saturated rings. The minimum atomic E-state index is 0.352. The van der Waals surface area contributed by atoms with Gasteiger partial charge in [0.25, 0.3) is 0 Å². The van der Waals surface area contributed by atoms with Crippen molar-refractivity contribution in [3.8, 4) is 6.07 Å². The van der Waals surface area contributed by atoms with Gasteiger partial charge in [-0.1, -0.05) is 6.08 Å². The van der Waals surface area contributed by atoms with E-state index in [0.717, 1.165) is 87.1 Å². The Hall–Kier alpha value is -3.11. The molecular weight excluding hydrogens is 424 g/mol. The highest BCUT2D eigenvalue weighted by molar-refractivity contribution is 5.97. The molecule has 2 saturated carbocycles. The zero-order valence-electron chi connectivity index (χ0n) is 19.8. The summed E-state index contributed by atoms with van der Waals surface area (Å²) in [7, 11) is 2.01. The number of nitrogens with one attached hydrogen (secondary N) is 1. The van der Waals surface area contributed by atoms with Crippen molar-refractivity contribution in [3.63, 3.8) is 0 Å². The molecule has 2 aromatic rings. The van der Waals surface area contributed by atoms with Crippen LogP contribution in [0.25, 0.3) is 11.0 Å². The molecule has 1 unspecified atom stereocenters. The lowest BCUT2D eigenvalue weighted by atomic mass is 9.78. The highest BCUT2D eigenvalue weighted by atomic mass is 16.1. The summed E-state index contributed by atoms with van der Waals surface area (Å²) in [5.74, 6) is 1.77. The van der Waals surface area contributed by atoms with Crippen LogP contribution in [-0.4, -0.2) is 59.5 Å². The van der Waals surface area contributed by atoms with E-state index >= 15 is 0 Å². The van der Waals surface area contributed by atoms with Crippen LogP contribution in [0.5, 0.6) is 0 Å². The third kappa shape index (κ3) is 3.61. The number of anilines is 1. The van der Waals surface area contributed by atoms with Crippen LogP contribution in [0.15, 0.2) is 41.8 Å². The van der Waals surface area contributed by atoms with Crippen molar-refractivity contribution < 1.29 is 4.79 Å². The first-order valence-electron chi connectivity index (χ1n) is 12.7. The summed E-state index contributed by atoms with van der Waals surface area (Å²) in [5.41, 5.74) is 4.08. The van der Waals surface area contributed by atoms with E-state index in [9.17, 15) is 10.1 Å². The fourth-order valence-electron chi connectivity index (χ4n) is 6.15. The standard InChI is InChI=1S/C27H32N6O/c1-29-20-14-22(15-20)33-17-19(16-28)24-7-8-26(30-27(24)33)32-11-9-31(10-12-32)21-5-6-23-18(13-21)3-2-4-25(23)34/h5-8,17-18,20,22,29H,2-4,9-15H2,1H3/t18?,20-,22-. The lowest BCUT2D eigenvalue weighted by Gasteiger charge is -2.40. The fraction of sp³-hybridized carbons (Fsp3) is 0.519. The molecule has 34 heavy (non-hydrogen) atoms. The number of nitrogens with zero attached hydrogens (tertiary/aromatic N) is 5. The molecule has 0 amide bonds. The van der Waals surface area contributed by atoms with Gasteiger partial charge in [-0.15, -0.1) is 0 Å². The van der Waals surface area contributed by atoms with E-state index in [1.807, 2.05) is 13.2 Å². The van der Waals surface area contributed by atoms with Crippen molar-refractivity contribution in [2.45, 2.75) is 50.6 Å². The highest BCUT2D eigenvalue weighted by Crippen LogP contribution is 2.38. The lowest BCUT2D eigenvalue weighted by molar-refractivity contribution is -0.117. The van der Waals surface area contributed by atoms with Crippen molar-refractivity contribution in [1.29, 1.82) is 5.26 Å². The number of ketones is 1. The van der Waals surface area contributed by atoms with Crippen molar-refractivity contribution in [1.82, 2.24) is 19.8 Å². The summed E-state index contributed by atoms with van der Waals surface area (Å²) >= 11 is 0. The van der Waals surface area contributed by atoms with Gasteiger partial charge in [-0.05, 0) is 68.9 Å². The Morgan fingerprint density at radius 2 is 1.91 bits per heavy atom. The molecule has 1 saturated heterocycles. The minimum Gasteiger partial charge on any atom is -0.371 e. The molecule has 6 rings (SSSR count). The normalized spacial score (nSPS) is 27.1. The van der Waals surface area contributed by atoms with Gasteiger partial charge in [0.1, 0.15) is 17.5 Å². The monoisotopic (exact) mass is 456 g/mol. The van der Waals surface area contributed by atoms with Crippen LogP contribution in [0.1, 0.15) is 50.1 Å². The SMILES string of the molecule is CN[C@H]1C[C@H](n2cc(C#N)c3ccc(N4CCN(C5=CC=C6C(=O)CCCC6C5)CC4)nc32)C1. The van der Waals surface area contributed by atoms with Gasteiger partial charge in [0.2, 0.25) is 0 Å². The fourth-order valence-corrected chi connectivity index (χ4v) is 6.15. The van der Waals surface area contributed by atoms with Crippen LogP contribution in [0.2, 0.25) is 0 Å². The quantitative estimate of drug-likeness (QED) is 0.758. The molecule has 3 aliphatic carbocycles. The molecule has 4 aliphatic rings. The molecule has 3 heterocycles. The third-order valence-corrected chi connectivity index (χ3v) is 8.34. The number of carbonyl (C=O) groups is 1. The van der Waals surface area contributed by atoms with E-state index in [2.05, 4.69) is 50.0 Å². The zero-order chi connectivity index (χ0) is 23.2. The maximum atomic E-state index is 12.2. The molecule has 1 aliphatic heterocycles. The molecule has 1 atom stereocenters. The Morgan fingerprint density at radius 1 is 1.12 bits per heavy atom. The van der Waals surface area contributed by atoms with Crippen molar-refractivity contribution in [2.24, 2.45) is 5.92 Å². The third-order valence-electron chi connectivity index (χ3n) is 8.34. The number of hydrogen-bond donors (Lipinski definition) is 1. The van der Waals surface area contributed by atoms with E-state index < -0.39 is 0 Å². The van der Waals surface area contributed by atoms with Crippen molar-refractivity contribution >= 4 is 22.6 Å². The Labute approximate surface area is 200 Å². The summed E-state index contributed by atoms with van der Waals surface area (Å²) in [6.07, 6.45) is 12.3. The molecule has 0 bridgehead atoms. The van der Waals surface area contributed by atoms with Crippen LogP contribution < -0.4 is 10.2 Å². The van der Waals surface area contributed by atoms with Gasteiger partial charge in [0.15, 0.2) is 5.78 Å². The number of piperazine rings is 1. The zero-order valence-corrected chi connectivity index (χ0v) is 19.8. The summed E-state index contributed by atoms with van der Waals surface area (Å²) in [6, 6.07) is 7.46. The summed E-state index contributed by atoms with van der Waals surface area (Å²) < 4.78 is 2.23. The largest absolute Gasteiger partial charge is 0.371 e. The van der Waals surface area contributed by atoms with Gasteiger partial charge < -0.3 is 19.7 Å². The van der Waals surface area contributed by atoms with Crippen molar-refractivity contribution in [3.05, 3.63) is 47.3 Å². The van der Waals surface area contributed by atoms with E-state index in [1.165, 1.54) is 5.70 Å². The number of aromatic nitrogens is 2. The maximum absolute atomic E-state index is 12.2. The van der Waals surface area contributed by atoms with E-state index in [0.29, 0.717) is 29.3 Å². The molecular formula is C27H32N6O. The highest BCUT2D eigenvalue weighted by Gasteiger charge is 2.32. The molecule has 7 heteroatoms. The molecule has 1 N–H and O–H groups in total. The number of hydrogen-bond acceptors (Lipinski definition) is 6. The van der Waals surface area contributed by atoms with Crippen LogP contribution in [0.4, 0.5) is 5.82 Å². The predicted molar refractivity (Wildman–Crippen MR) is 132 cm³/mol. The molecule has 176 valence electrons. The van der Waals surface area contributed by atoms with Gasteiger partial charge in [0.05, 0.1) is 5.56 Å². The van der Waals surface area contributed by atoms with Gasteiger partial charge in [-0.25, -0.2) is 4.98 Å². The number of Topliss-reactive ketones (excluding diaryl/α,β-unsaturated/α-hetero) is 1. The van der Waals surface area contributed by atoms with Gasteiger partial charge in [0, 0.05) is 62.0 Å². The summed E-state index contributed by atoms with van der Waals surface area (Å²) in [6.45, 7) is 3.78. The Balaban J connectivity index is 1.18. The number of carbonyl (C=O) groups excluding carboxylic acids is 1.